The van der Waals surface area contributed by atoms with Gasteiger partial charge < -0.3 is 0 Å². The highest BCUT2D eigenvalue weighted by Gasteiger charge is 1.98. The fourth-order valence-electron chi connectivity index (χ4n) is 1.34. The zero-order chi connectivity index (χ0) is 9.26. The van der Waals surface area contributed by atoms with E-state index in [4.69, 9.17) is 0 Å². The zero-order valence-electron chi connectivity index (χ0n) is 7.87. The van der Waals surface area contributed by atoms with Crippen molar-refractivity contribution in [2.75, 3.05) is 0 Å². The second-order valence-electron chi connectivity index (χ2n) is 3.31. The molecule has 0 saturated carbocycles. The van der Waals surface area contributed by atoms with E-state index in [9.17, 15) is 0 Å². The maximum Gasteiger partial charge on any atom is 0.152 e. The maximum atomic E-state index is 2.23. The standard InChI is InChI=1S/C11H11BS/c1-8-2-4-9(5-3-8)10-6-11(12)13-7-10/h2-7H,12H2,1H3. The summed E-state index contributed by atoms with van der Waals surface area (Å²) in [6.45, 7) is 2.11. The molecule has 2 heteroatoms. The molecule has 1 aromatic carbocycles. The van der Waals surface area contributed by atoms with E-state index >= 15 is 0 Å². The van der Waals surface area contributed by atoms with E-state index in [1.165, 1.54) is 21.5 Å². The smallest absolute Gasteiger partial charge is 0.152 e. The summed E-state index contributed by atoms with van der Waals surface area (Å²) in [6, 6.07) is 10.9. The van der Waals surface area contributed by atoms with E-state index in [2.05, 4.69) is 50.5 Å². The van der Waals surface area contributed by atoms with E-state index in [0.29, 0.717) is 0 Å². The van der Waals surface area contributed by atoms with Gasteiger partial charge in [0.15, 0.2) is 7.85 Å². The van der Waals surface area contributed by atoms with Crippen LogP contribution in [-0.4, -0.2) is 7.85 Å². The van der Waals surface area contributed by atoms with Crippen molar-refractivity contribution in [3.63, 3.8) is 0 Å². The molecule has 0 fully saturated rings. The predicted octanol–water partition coefficient (Wildman–Crippen LogP) is 1.98. The van der Waals surface area contributed by atoms with Gasteiger partial charge in [-0.1, -0.05) is 35.9 Å². The Balaban J connectivity index is 2.41. The highest BCUT2D eigenvalue weighted by Crippen LogP contribution is 2.20. The van der Waals surface area contributed by atoms with Crippen molar-refractivity contribution < 1.29 is 0 Å². The molecule has 0 spiro atoms. The molecule has 0 aliphatic carbocycles. The molecular formula is C11H11BS. The van der Waals surface area contributed by atoms with Crippen LogP contribution in [0.1, 0.15) is 5.56 Å². The van der Waals surface area contributed by atoms with E-state index in [0.717, 1.165) is 0 Å². The summed E-state index contributed by atoms with van der Waals surface area (Å²) in [5.41, 5.74) is 3.97. The lowest BCUT2D eigenvalue weighted by molar-refractivity contribution is 1.47. The second-order valence-corrected chi connectivity index (χ2v) is 4.43. The number of aryl methyl sites for hydroxylation is 1. The van der Waals surface area contributed by atoms with Crippen LogP contribution in [0, 0.1) is 6.92 Å². The SMILES string of the molecule is Bc1cc(-c2ccc(C)cc2)cs1. The van der Waals surface area contributed by atoms with Gasteiger partial charge in [0.1, 0.15) is 0 Å². The number of hydrogen-bond acceptors (Lipinski definition) is 1. The van der Waals surface area contributed by atoms with Crippen molar-refractivity contribution in [1.82, 2.24) is 0 Å². The first-order valence-corrected chi connectivity index (χ1v) is 5.26. The first kappa shape index (κ1) is 8.58. The van der Waals surface area contributed by atoms with Crippen molar-refractivity contribution in [1.29, 1.82) is 0 Å². The van der Waals surface area contributed by atoms with Crippen molar-refractivity contribution in [3.8, 4) is 11.1 Å². The van der Waals surface area contributed by atoms with E-state index < -0.39 is 0 Å². The van der Waals surface area contributed by atoms with Gasteiger partial charge in [0.2, 0.25) is 0 Å². The first-order chi connectivity index (χ1) is 6.25. The summed E-state index contributed by atoms with van der Waals surface area (Å²) in [7, 11) is 2.14. The minimum absolute atomic E-state index is 1.31. The average Bonchev–Trinajstić information content (AvgIpc) is 2.53. The second kappa shape index (κ2) is 3.39. The van der Waals surface area contributed by atoms with E-state index in [1.54, 1.807) is 11.3 Å². The Labute approximate surface area is 83.6 Å². The molecule has 0 aliphatic heterocycles. The molecular weight excluding hydrogens is 175 g/mol. The third-order valence-electron chi connectivity index (χ3n) is 2.12. The number of thiophene rings is 1. The van der Waals surface area contributed by atoms with Crippen LogP contribution in [-0.2, 0) is 0 Å². The fraction of sp³-hybridized carbons (Fsp3) is 0.0909. The normalized spacial score (nSPS) is 10.2. The quantitative estimate of drug-likeness (QED) is 0.597. The third-order valence-corrected chi connectivity index (χ3v) is 2.98. The Morgan fingerprint density at radius 1 is 1.08 bits per heavy atom. The summed E-state index contributed by atoms with van der Waals surface area (Å²) in [6.07, 6.45) is 0. The molecule has 0 N–H and O–H groups in total. The molecule has 0 bridgehead atoms. The lowest BCUT2D eigenvalue weighted by atomic mass is 10.0. The Morgan fingerprint density at radius 2 is 1.77 bits per heavy atom. The van der Waals surface area contributed by atoms with Crippen LogP contribution in [0.15, 0.2) is 35.7 Å². The van der Waals surface area contributed by atoms with Crippen LogP contribution in [0.4, 0.5) is 0 Å². The van der Waals surface area contributed by atoms with Gasteiger partial charge in [0.05, 0.1) is 0 Å². The number of benzene rings is 1. The Morgan fingerprint density at radius 3 is 2.31 bits per heavy atom. The van der Waals surface area contributed by atoms with Crippen molar-refractivity contribution in [2.24, 2.45) is 0 Å². The van der Waals surface area contributed by atoms with Crippen molar-refractivity contribution in [2.45, 2.75) is 6.92 Å². The van der Waals surface area contributed by atoms with Crippen molar-refractivity contribution >= 4 is 24.0 Å². The van der Waals surface area contributed by atoms with E-state index in [1.807, 2.05) is 0 Å². The highest BCUT2D eigenvalue weighted by molar-refractivity contribution is 7.18. The van der Waals surface area contributed by atoms with Crippen LogP contribution in [0.3, 0.4) is 0 Å². The third kappa shape index (κ3) is 1.83. The average molecular weight is 186 g/mol. The Bertz CT molecular complexity index is 400. The molecule has 0 unspecified atom stereocenters. The molecule has 0 radical (unpaired) electrons. The van der Waals surface area contributed by atoms with Gasteiger partial charge in [-0.05, 0) is 28.2 Å². The molecule has 0 atom stereocenters. The zero-order valence-corrected chi connectivity index (χ0v) is 8.69. The largest absolute Gasteiger partial charge is 0.159 e. The van der Waals surface area contributed by atoms with Crippen LogP contribution < -0.4 is 4.78 Å². The van der Waals surface area contributed by atoms with Crippen molar-refractivity contribution in [3.05, 3.63) is 41.3 Å². The lowest BCUT2D eigenvalue weighted by Crippen LogP contribution is -1.89. The van der Waals surface area contributed by atoms with Crippen LogP contribution in [0.2, 0.25) is 0 Å². The molecule has 0 aliphatic rings. The van der Waals surface area contributed by atoms with Gasteiger partial charge >= 0.3 is 0 Å². The molecule has 1 heterocycles. The van der Waals surface area contributed by atoms with Gasteiger partial charge in [-0.15, -0.1) is 0 Å². The van der Waals surface area contributed by atoms with Gasteiger partial charge in [-0.25, -0.2) is 0 Å². The van der Waals surface area contributed by atoms with Crippen LogP contribution in [0.25, 0.3) is 11.1 Å². The lowest BCUT2D eigenvalue weighted by Gasteiger charge is -1.97. The van der Waals surface area contributed by atoms with Crippen LogP contribution >= 0.6 is 11.3 Å². The number of rotatable bonds is 1. The first-order valence-electron chi connectivity index (χ1n) is 4.38. The molecule has 0 saturated heterocycles. The summed E-state index contributed by atoms with van der Waals surface area (Å²) in [5, 5.41) is 2.21. The minimum atomic E-state index is 1.31. The summed E-state index contributed by atoms with van der Waals surface area (Å²) < 4.78 is 1.37. The van der Waals surface area contributed by atoms with Crippen LogP contribution in [0.5, 0.6) is 0 Å². The van der Waals surface area contributed by atoms with Gasteiger partial charge in [-0.2, -0.15) is 11.3 Å². The minimum Gasteiger partial charge on any atom is -0.159 e. The summed E-state index contributed by atoms with van der Waals surface area (Å²) in [5.74, 6) is 0. The fourth-order valence-corrected chi connectivity index (χ4v) is 2.05. The molecule has 2 rings (SSSR count). The predicted molar refractivity (Wildman–Crippen MR) is 62.7 cm³/mol. The molecule has 1 aromatic heterocycles. The monoisotopic (exact) mass is 186 g/mol. The number of hydrogen-bond donors (Lipinski definition) is 0. The maximum absolute atomic E-state index is 2.23. The molecule has 64 valence electrons. The summed E-state index contributed by atoms with van der Waals surface area (Å²) in [4.78, 5) is 0. The molecule has 0 amide bonds. The highest BCUT2D eigenvalue weighted by atomic mass is 32.1. The van der Waals surface area contributed by atoms with Gasteiger partial charge in [0, 0.05) is 0 Å². The molecule has 0 nitrogen and oxygen atoms in total. The Kier molecular flexibility index (Phi) is 2.23. The Hall–Kier alpha value is -1.02. The van der Waals surface area contributed by atoms with E-state index in [-0.39, 0.29) is 0 Å². The van der Waals surface area contributed by atoms with Gasteiger partial charge in [0.25, 0.3) is 0 Å². The summed E-state index contributed by atoms with van der Waals surface area (Å²) >= 11 is 1.80. The molecule has 13 heavy (non-hydrogen) atoms. The topological polar surface area (TPSA) is 0 Å². The van der Waals surface area contributed by atoms with Gasteiger partial charge in [-0.3, -0.25) is 0 Å². The molecule has 2 aromatic rings.